The molecule has 0 atom stereocenters. The molecule has 0 radical (unpaired) electrons. The van der Waals surface area contributed by atoms with Crippen molar-refractivity contribution in [3.05, 3.63) is 35.4 Å². The SMILES string of the molecule is CNC(=O)c1cccc(CNC(=O)C2CCOCC2)c1. The zero-order valence-electron chi connectivity index (χ0n) is 11.6. The van der Waals surface area contributed by atoms with Crippen LogP contribution >= 0.6 is 0 Å². The second-order valence-corrected chi connectivity index (χ2v) is 4.88. The van der Waals surface area contributed by atoms with E-state index in [4.69, 9.17) is 4.74 Å². The lowest BCUT2D eigenvalue weighted by Crippen LogP contribution is -2.33. The van der Waals surface area contributed by atoms with E-state index in [1.54, 1.807) is 19.2 Å². The molecule has 0 aromatic heterocycles. The van der Waals surface area contributed by atoms with Crippen LogP contribution in [0.4, 0.5) is 0 Å². The molecule has 108 valence electrons. The third-order valence-electron chi connectivity index (χ3n) is 3.48. The quantitative estimate of drug-likeness (QED) is 0.865. The summed E-state index contributed by atoms with van der Waals surface area (Å²) < 4.78 is 5.24. The number of benzene rings is 1. The fraction of sp³-hybridized carbons (Fsp3) is 0.467. The van der Waals surface area contributed by atoms with Crippen LogP contribution in [0.2, 0.25) is 0 Å². The number of rotatable bonds is 4. The summed E-state index contributed by atoms with van der Waals surface area (Å²) in [6.07, 6.45) is 1.56. The second kappa shape index (κ2) is 7.05. The number of amides is 2. The van der Waals surface area contributed by atoms with Gasteiger partial charge in [0, 0.05) is 38.3 Å². The predicted octanol–water partition coefficient (Wildman–Crippen LogP) is 1.09. The van der Waals surface area contributed by atoms with Crippen molar-refractivity contribution in [3.8, 4) is 0 Å². The number of hydrogen-bond acceptors (Lipinski definition) is 3. The van der Waals surface area contributed by atoms with Crippen molar-refractivity contribution in [2.24, 2.45) is 5.92 Å². The van der Waals surface area contributed by atoms with Gasteiger partial charge in [0.1, 0.15) is 0 Å². The summed E-state index contributed by atoms with van der Waals surface area (Å²) in [7, 11) is 1.60. The highest BCUT2D eigenvalue weighted by atomic mass is 16.5. The third-order valence-corrected chi connectivity index (χ3v) is 3.48. The van der Waals surface area contributed by atoms with E-state index < -0.39 is 0 Å². The van der Waals surface area contributed by atoms with Crippen LogP contribution in [0.25, 0.3) is 0 Å². The number of nitrogens with one attached hydrogen (secondary N) is 2. The Morgan fingerprint density at radius 1 is 1.30 bits per heavy atom. The maximum atomic E-state index is 12.0. The number of carbonyl (C=O) groups is 2. The molecule has 20 heavy (non-hydrogen) atoms. The van der Waals surface area contributed by atoms with Crippen molar-refractivity contribution in [2.75, 3.05) is 20.3 Å². The van der Waals surface area contributed by atoms with E-state index in [0.29, 0.717) is 25.3 Å². The summed E-state index contributed by atoms with van der Waals surface area (Å²) in [5.74, 6) is -0.00729. The fourth-order valence-electron chi connectivity index (χ4n) is 2.26. The zero-order valence-corrected chi connectivity index (χ0v) is 11.6. The summed E-state index contributed by atoms with van der Waals surface area (Å²) in [4.78, 5) is 23.5. The van der Waals surface area contributed by atoms with Crippen LogP contribution in [-0.4, -0.2) is 32.1 Å². The van der Waals surface area contributed by atoms with Gasteiger partial charge in [-0.15, -0.1) is 0 Å². The van der Waals surface area contributed by atoms with E-state index in [2.05, 4.69) is 10.6 Å². The first kappa shape index (κ1) is 14.5. The summed E-state index contributed by atoms with van der Waals surface area (Å²) in [5.41, 5.74) is 1.52. The number of ether oxygens (including phenoxy) is 1. The molecule has 1 aromatic carbocycles. The maximum Gasteiger partial charge on any atom is 0.251 e. The first-order chi connectivity index (χ1) is 9.70. The predicted molar refractivity (Wildman–Crippen MR) is 75.2 cm³/mol. The van der Waals surface area contributed by atoms with Crippen molar-refractivity contribution in [1.82, 2.24) is 10.6 Å². The molecule has 0 aliphatic carbocycles. The van der Waals surface area contributed by atoms with Crippen molar-refractivity contribution < 1.29 is 14.3 Å². The third kappa shape index (κ3) is 3.81. The minimum Gasteiger partial charge on any atom is -0.381 e. The molecule has 1 fully saturated rings. The molecular weight excluding hydrogens is 256 g/mol. The van der Waals surface area contributed by atoms with Crippen LogP contribution in [0, 0.1) is 5.92 Å². The minimum atomic E-state index is -0.123. The Hall–Kier alpha value is -1.88. The lowest BCUT2D eigenvalue weighted by molar-refractivity contribution is -0.128. The molecule has 1 heterocycles. The average molecular weight is 276 g/mol. The van der Waals surface area contributed by atoms with Gasteiger partial charge in [0.2, 0.25) is 5.91 Å². The molecule has 1 aliphatic rings. The molecule has 2 rings (SSSR count). The highest BCUT2D eigenvalue weighted by Crippen LogP contribution is 2.15. The van der Waals surface area contributed by atoms with E-state index in [-0.39, 0.29) is 17.7 Å². The van der Waals surface area contributed by atoms with Crippen LogP contribution in [0.5, 0.6) is 0 Å². The van der Waals surface area contributed by atoms with E-state index >= 15 is 0 Å². The van der Waals surface area contributed by atoms with Crippen molar-refractivity contribution in [3.63, 3.8) is 0 Å². The second-order valence-electron chi connectivity index (χ2n) is 4.88. The first-order valence-corrected chi connectivity index (χ1v) is 6.87. The van der Waals surface area contributed by atoms with E-state index in [9.17, 15) is 9.59 Å². The maximum absolute atomic E-state index is 12.0. The molecular formula is C15H20N2O3. The first-order valence-electron chi connectivity index (χ1n) is 6.87. The van der Waals surface area contributed by atoms with Gasteiger partial charge in [-0.3, -0.25) is 9.59 Å². The normalized spacial score (nSPS) is 15.7. The van der Waals surface area contributed by atoms with Crippen LogP contribution < -0.4 is 10.6 Å². The molecule has 1 aliphatic heterocycles. The number of hydrogen-bond donors (Lipinski definition) is 2. The van der Waals surface area contributed by atoms with Gasteiger partial charge in [-0.25, -0.2) is 0 Å². The smallest absolute Gasteiger partial charge is 0.251 e. The Kier molecular flexibility index (Phi) is 5.12. The van der Waals surface area contributed by atoms with E-state index in [1.165, 1.54) is 0 Å². The number of carbonyl (C=O) groups excluding carboxylic acids is 2. The Morgan fingerprint density at radius 3 is 2.75 bits per heavy atom. The Bertz CT molecular complexity index is 482. The molecule has 1 aromatic rings. The molecule has 1 saturated heterocycles. The summed E-state index contributed by atoms with van der Waals surface area (Å²) in [5, 5.41) is 5.51. The van der Waals surface area contributed by atoms with Gasteiger partial charge in [-0.2, -0.15) is 0 Å². The highest BCUT2D eigenvalue weighted by Gasteiger charge is 2.21. The molecule has 0 bridgehead atoms. The van der Waals surface area contributed by atoms with Crippen molar-refractivity contribution >= 4 is 11.8 Å². The van der Waals surface area contributed by atoms with Crippen LogP contribution in [0.1, 0.15) is 28.8 Å². The van der Waals surface area contributed by atoms with Gasteiger partial charge in [-0.05, 0) is 30.5 Å². The van der Waals surface area contributed by atoms with Gasteiger partial charge < -0.3 is 15.4 Å². The standard InChI is InChI=1S/C15H20N2O3/c1-16-14(18)13-4-2-3-11(9-13)10-17-15(19)12-5-7-20-8-6-12/h2-4,9,12H,5-8,10H2,1H3,(H,16,18)(H,17,19). The van der Waals surface area contributed by atoms with Crippen molar-refractivity contribution in [1.29, 1.82) is 0 Å². The zero-order chi connectivity index (χ0) is 14.4. The Morgan fingerprint density at radius 2 is 2.05 bits per heavy atom. The molecule has 0 saturated carbocycles. The molecule has 2 N–H and O–H groups in total. The highest BCUT2D eigenvalue weighted by molar-refractivity contribution is 5.94. The van der Waals surface area contributed by atoms with E-state index in [0.717, 1.165) is 18.4 Å². The van der Waals surface area contributed by atoms with Crippen LogP contribution in [0.15, 0.2) is 24.3 Å². The van der Waals surface area contributed by atoms with Crippen LogP contribution in [0.3, 0.4) is 0 Å². The minimum absolute atomic E-state index is 0.0471. The Balaban J connectivity index is 1.90. The van der Waals surface area contributed by atoms with Crippen molar-refractivity contribution in [2.45, 2.75) is 19.4 Å². The van der Waals surface area contributed by atoms with Gasteiger partial charge in [-0.1, -0.05) is 12.1 Å². The monoisotopic (exact) mass is 276 g/mol. The summed E-state index contributed by atoms with van der Waals surface area (Å²) in [6, 6.07) is 7.27. The topological polar surface area (TPSA) is 67.4 Å². The largest absolute Gasteiger partial charge is 0.381 e. The van der Waals surface area contributed by atoms with Gasteiger partial charge in [0.25, 0.3) is 5.91 Å². The molecule has 0 unspecified atom stereocenters. The molecule has 0 spiro atoms. The fourth-order valence-corrected chi connectivity index (χ4v) is 2.26. The van der Waals surface area contributed by atoms with E-state index in [1.807, 2.05) is 12.1 Å². The lowest BCUT2D eigenvalue weighted by Gasteiger charge is -2.21. The molecule has 5 heteroatoms. The average Bonchev–Trinajstić information content (AvgIpc) is 2.53. The summed E-state index contributed by atoms with van der Waals surface area (Å²) >= 11 is 0. The van der Waals surface area contributed by atoms with Gasteiger partial charge in [0.15, 0.2) is 0 Å². The molecule has 2 amide bonds. The van der Waals surface area contributed by atoms with Gasteiger partial charge >= 0.3 is 0 Å². The molecule has 5 nitrogen and oxygen atoms in total. The van der Waals surface area contributed by atoms with Gasteiger partial charge in [0.05, 0.1) is 0 Å². The summed E-state index contributed by atoms with van der Waals surface area (Å²) in [6.45, 7) is 1.76. The lowest BCUT2D eigenvalue weighted by atomic mass is 9.99. The van der Waals surface area contributed by atoms with Crippen LogP contribution in [-0.2, 0) is 16.1 Å². The Labute approximate surface area is 118 Å².